The molecular formula is C12H18Cl2N2O2. The summed E-state index contributed by atoms with van der Waals surface area (Å²) in [6.45, 7) is 1.87. The van der Waals surface area contributed by atoms with Crippen LogP contribution in [0.25, 0.3) is 0 Å². The smallest absolute Gasteiger partial charge is 0.224 e. The SMILES string of the molecule is COc1ccc(Cl)cc1NC(=O)CCC(C)N.Cl. The standard InChI is InChI=1S/C12H17ClN2O2.ClH/c1-8(14)3-6-12(16)15-10-7-9(13)4-5-11(10)17-2;/h4-5,7-8H,3,6,14H2,1-2H3,(H,15,16);1H. The van der Waals surface area contributed by atoms with Crippen LogP contribution in [0.5, 0.6) is 5.75 Å². The molecule has 1 aromatic carbocycles. The third-order valence-corrected chi connectivity index (χ3v) is 2.50. The van der Waals surface area contributed by atoms with Gasteiger partial charge < -0.3 is 15.8 Å². The maximum Gasteiger partial charge on any atom is 0.224 e. The molecule has 6 heteroatoms. The number of ether oxygens (including phenoxy) is 1. The number of carbonyl (C=O) groups excluding carboxylic acids is 1. The van der Waals surface area contributed by atoms with Gasteiger partial charge in [0.25, 0.3) is 0 Å². The Balaban J connectivity index is 0.00000289. The molecule has 1 unspecified atom stereocenters. The summed E-state index contributed by atoms with van der Waals surface area (Å²) in [6.07, 6.45) is 1.03. The molecule has 0 aromatic heterocycles. The van der Waals surface area contributed by atoms with Crippen LogP contribution < -0.4 is 15.8 Å². The molecule has 3 N–H and O–H groups in total. The van der Waals surface area contributed by atoms with Gasteiger partial charge in [0.2, 0.25) is 5.91 Å². The quantitative estimate of drug-likeness (QED) is 0.877. The van der Waals surface area contributed by atoms with E-state index >= 15 is 0 Å². The van der Waals surface area contributed by atoms with Crippen molar-refractivity contribution in [1.29, 1.82) is 0 Å². The second-order valence-corrected chi connectivity index (χ2v) is 4.35. The second kappa shape index (κ2) is 8.19. The first kappa shape index (κ1) is 17.0. The molecular weight excluding hydrogens is 275 g/mol. The topological polar surface area (TPSA) is 64.3 Å². The van der Waals surface area contributed by atoms with Crippen molar-refractivity contribution < 1.29 is 9.53 Å². The summed E-state index contributed by atoms with van der Waals surface area (Å²) >= 11 is 5.86. The minimum absolute atomic E-state index is 0. The predicted octanol–water partition coefficient (Wildman–Crippen LogP) is 2.84. The van der Waals surface area contributed by atoms with E-state index in [4.69, 9.17) is 22.1 Å². The van der Waals surface area contributed by atoms with Crippen molar-refractivity contribution in [3.63, 3.8) is 0 Å². The van der Waals surface area contributed by atoms with Crippen molar-refractivity contribution in [1.82, 2.24) is 0 Å². The van der Waals surface area contributed by atoms with Crippen LogP contribution in [0.2, 0.25) is 5.02 Å². The van der Waals surface area contributed by atoms with Crippen LogP contribution in [-0.2, 0) is 4.79 Å². The number of carbonyl (C=O) groups is 1. The number of amides is 1. The first-order valence-electron chi connectivity index (χ1n) is 5.42. The van der Waals surface area contributed by atoms with Gasteiger partial charge in [-0.15, -0.1) is 12.4 Å². The Kier molecular flexibility index (Phi) is 7.75. The number of halogens is 2. The predicted molar refractivity (Wildman–Crippen MR) is 76.8 cm³/mol. The van der Waals surface area contributed by atoms with E-state index in [1.165, 1.54) is 0 Å². The zero-order valence-corrected chi connectivity index (χ0v) is 12.0. The van der Waals surface area contributed by atoms with Gasteiger partial charge in [-0.3, -0.25) is 4.79 Å². The minimum atomic E-state index is -0.0946. The van der Waals surface area contributed by atoms with Gasteiger partial charge in [0.15, 0.2) is 0 Å². The zero-order chi connectivity index (χ0) is 12.8. The average molecular weight is 293 g/mol. The molecule has 1 aromatic rings. The molecule has 0 fully saturated rings. The summed E-state index contributed by atoms with van der Waals surface area (Å²) in [5.41, 5.74) is 6.17. The fourth-order valence-electron chi connectivity index (χ4n) is 1.35. The van der Waals surface area contributed by atoms with E-state index in [0.717, 1.165) is 0 Å². The molecule has 4 nitrogen and oxygen atoms in total. The molecule has 1 atom stereocenters. The molecule has 0 radical (unpaired) electrons. The number of nitrogens with one attached hydrogen (secondary N) is 1. The van der Waals surface area contributed by atoms with Gasteiger partial charge in [-0.25, -0.2) is 0 Å². The molecule has 0 aliphatic carbocycles. The number of hydrogen-bond donors (Lipinski definition) is 2. The van der Waals surface area contributed by atoms with Crippen LogP contribution in [0, 0.1) is 0 Å². The van der Waals surface area contributed by atoms with E-state index in [9.17, 15) is 4.79 Å². The number of rotatable bonds is 5. The lowest BCUT2D eigenvalue weighted by Crippen LogP contribution is -2.19. The number of nitrogens with two attached hydrogens (primary N) is 1. The highest BCUT2D eigenvalue weighted by atomic mass is 35.5. The Labute approximate surface area is 118 Å². The van der Waals surface area contributed by atoms with Gasteiger partial charge in [-0.1, -0.05) is 11.6 Å². The lowest BCUT2D eigenvalue weighted by Gasteiger charge is -2.11. The normalized spacial score (nSPS) is 11.3. The Morgan fingerprint density at radius 2 is 2.22 bits per heavy atom. The van der Waals surface area contributed by atoms with Crippen molar-refractivity contribution in [2.24, 2.45) is 5.73 Å². The van der Waals surface area contributed by atoms with Crippen LogP contribution >= 0.6 is 24.0 Å². The maximum atomic E-state index is 11.6. The van der Waals surface area contributed by atoms with Gasteiger partial charge >= 0.3 is 0 Å². The number of hydrogen-bond acceptors (Lipinski definition) is 3. The fourth-order valence-corrected chi connectivity index (χ4v) is 1.52. The second-order valence-electron chi connectivity index (χ2n) is 3.91. The van der Waals surface area contributed by atoms with Crippen molar-refractivity contribution >= 4 is 35.6 Å². The van der Waals surface area contributed by atoms with Crippen molar-refractivity contribution in [3.05, 3.63) is 23.2 Å². The molecule has 0 heterocycles. The Morgan fingerprint density at radius 3 is 2.78 bits per heavy atom. The summed E-state index contributed by atoms with van der Waals surface area (Å²) in [5, 5.41) is 3.30. The Morgan fingerprint density at radius 1 is 1.56 bits per heavy atom. The highest BCUT2D eigenvalue weighted by Gasteiger charge is 2.08. The van der Waals surface area contributed by atoms with E-state index in [0.29, 0.717) is 29.3 Å². The molecule has 1 rings (SSSR count). The molecule has 0 aliphatic heterocycles. The summed E-state index contributed by atoms with van der Waals surface area (Å²) in [5.74, 6) is 0.492. The largest absolute Gasteiger partial charge is 0.495 e. The van der Waals surface area contributed by atoms with Gasteiger partial charge in [-0.05, 0) is 31.5 Å². The molecule has 18 heavy (non-hydrogen) atoms. The molecule has 102 valence electrons. The van der Waals surface area contributed by atoms with Crippen molar-refractivity contribution in [3.8, 4) is 5.75 Å². The van der Waals surface area contributed by atoms with E-state index in [1.807, 2.05) is 6.92 Å². The number of methoxy groups -OCH3 is 1. The number of benzene rings is 1. The lowest BCUT2D eigenvalue weighted by atomic mass is 10.2. The van der Waals surface area contributed by atoms with Crippen LogP contribution in [0.3, 0.4) is 0 Å². The van der Waals surface area contributed by atoms with Crippen molar-refractivity contribution in [2.45, 2.75) is 25.8 Å². The highest BCUT2D eigenvalue weighted by Crippen LogP contribution is 2.27. The monoisotopic (exact) mass is 292 g/mol. The summed E-state index contributed by atoms with van der Waals surface area (Å²) in [7, 11) is 1.54. The highest BCUT2D eigenvalue weighted by molar-refractivity contribution is 6.31. The first-order chi connectivity index (χ1) is 8.02. The van der Waals surface area contributed by atoms with E-state index in [-0.39, 0.29) is 24.4 Å². The maximum absolute atomic E-state index is 11.6. The van der Waals surface area contributed by atoms with E-state index in [1.54, 1.807) is 25.3 Å². The Hall–Kier alpha value is -0.970. The molecule has 1 amide bonds. The van der Waals surface area contributed by atoms with Crippen molar-refractivity contribution in [2.75, 3.05) is 12.4 Å². The average Bonchev–Trinajstić information content (AvgIpc) is 2.27. The summed E-state index contributed by atoms with van der Waals surface area (Å²) in [6, 6.07) is 5.09. The number of anilines is 1. The first-order valence-corrected chi connectivity index (χ1v) is 5.79. The van der Waals surface area contributed by atoms with Gasteiger partial charge in [0.05, 0.1) is 12.8 Å². The van der Waals surface area contributed by atoms with Crippen LogP contribution in [-0.4, -0.2) is 19.1 Å². The molecule has 0 saturated carbocycles. The molecule has 0 bridgehead atoms. The molecule has 0 aliphatic rings. The lowest BCUT2D eigenvalue weighted by molar-refractivity contribution is -0.116. The molecule has 0 saturated heterocycles. The third-order valence-electron chi connectivity index (χ3n) is 2.26. The zero-order valence-electron chi connectivity index (χ0n) is 10.4. The van der Waals surface area contributed by atoms with Crippen LogP contribution in [0.15, 0.2) is 18.2 Å². The van der Waals surface area contributed by atoms with E-state index in [2.05, 4.69) is 5.32 Å². The van der Waals surface area contributed by atoms with E-state index < -0.39 is 0 Å². The van der Waals surface area contributed by atoms with Gasteiger partial charge in [-0.2, -0.15) is 0 Å². The Bertz CT molecular complexity index is 398. The van der Waals surface area contributed by atoms with Crippen LogP contribution in [0.1, 0.15) is 19.8 Å². The summed E-state index contributed by atoms with van der Waals surface area (Å²) in [4.78, 5) is 11.6. The summed E-state index contributed by atoms with van der Waals surface area (Å²) < 4.78 is 5.13. The van der Waals surface area contributed by atoms with Gasteiger partial charge in [0, 0.05) is 17.5 Å². The van der Waals surface area contributed by atoms with Gasteiger partial charge in [0.1, 0.15) is 5.75 Å². The molecule has 0 spiro atoms. The van der Waals surface area contributed by atoms with Crippen LogP contribution in [0.4, 0.5) is 5.69 Å². The third kappa shape index (κ3) is 5.58. The fraction of sp³-hybridized carbons (Fsp3) is 0.417. The minimum Gasteiger partial charge on any atom is -0.495 e.